The third-order valence-corrected chi connectivity index (χ3v) is 6.09. The minimum Gasteiger partial charge on any atom is -0.460 e. The number of nitrogens with zero attached hydrogens (tertiary/aromatic N) is 3. The topological polar surface area (TPSA) is 58.8 Å². The second-order valence-corrected chi connectivity index (χ2v) is 7.47. The van der Waals surface area contributed by atoms with E-state index in [0.717, 1.165) is 43.2 Å². The summed E-state index contributed by atoms with van der Waals surface area (Å²) in [6.45, 7) is 3.73. The fraction of sp³-hybridized carbons (Fsp3) is 0.500. The molecule has 0 unspecified atom stereocenters. The molecule has 120 valence electrons. The van der Waals surface area contributed by atoms with E-state index in [1.54, 1.807) is 17.4 Å². The van der Waals surface area contributed by atoms with Crippen LogP contribution >= 0.6 is 11.3 Å². The van der Waals surface area contributed by atoms with Crippen LogP contribution in [0.3, 0.4) is 0 Å². The summed E-state index contributed by atoms with van der Waals surface area (Å²) in [5, 5.41) is 2.73. The van der Waals surface area contributed by atoms with E-state index in [9.17, 15) is 4.79 Å². The van der Waals surface area contributed by atoms with E-state index in [1.165, 1.54) is 11.3 Å². The number of anilines is 1. The van der Waals surface area contributed by atoms with Crippen LogP contribution in [0.1, 0.15) is 12.8 Å². The van der Waals surface area contributed by atoms with Gasteiger partial charge in [-0.25, -0.2) is 9.78 Å². The van der Waals surface area contributed by atoms with E-state index in [2.05, 4.69) is 9.88 Å². The van der Waals surface area contributed by atoms with Crippen LogP contribution in [0.4, 0.5) is 10.5 Å². The Balaban J connectivity index is 1.43. The summed E-state index contributed by atoms with van der Waals surface area (Å²) in [7, 11) is 0. The van der Waals surface area contributed by atoms with E-state index in [-0.39, 0.29) is 11.7 Å². The van der Waals surface area contributed by atoms with Crippen molar-refractivity contribution in [2.45, 2.75) is 18.4 Å². The van der Waals surface area contributed by atoms with Crippen LogP contribution in [0.2, 0.25) is 0 Å². The highest BCUT2D eigenvalue weighted by Crippen LogP contribution is 2.43. The monoisotopic (exact) mass is 331 g/mol. The quantitative estimate of drug-likeness (QED) is 0.847. The molecular formula is C16H17N3O3S. The zero-order chi connectivity index (χ0) is 15.4. The zero-order valence-electron chi connectivity index (χ0n) is 12.6. The van der Waals surface area contributed by atoms with E-state index in [1.807, 2.05) is 11.4 Å². The van der Waals surface area contributed by atoms with E-state index in [4.69, 9.17) is 9.15 Å². The second-order valence-electron chi connectivity index (χ2n) is 6.58. The maximum atomic E-state index is 12.5. The minimum absolute atomic E-state index is 0.259. The number of amides is 1. The first-order valence-electron chi connectivity index (χ1n) is 7.95. The van der Waals surface area contributed by atoms with Crippen molar-refractivity contribution in [3.05, 3.63) is 23.9 Å². The van der Waals surface area contributed by atoms with Crippen molar-refractivity contribution in [3.63, 3.8) is 0 Å². The Morgan fingerprint density at radius 2 is 2.17 bits per heavy atom. The molecule has 6 rings (SSSR count). The molecule has 0 saturated carbocycles. The van der Waals surface area contributed by atoms with Gasteiger partial charge in [-0.15, -0.1) is 11.3 Å². The van der Waals surface area contributed by atoms with Gasteiger partial charge in [0.25, 0.3) is 0 Å². The van der Waals surface area contributed by atoms with Crippen molar-refractivity contribution < 1.29 is 13.9 Å². The van der Waals surface area contributed by atoms with Gasteiger partial charge in [0.2, 0.25) is 0 Å². The summed E-state index contributed by atoms with van der Waals surface area (Å²) >= 11 is 1.52. The van der Waals surface area contributed by atoms with Gasteiger partial charge < -0.3 is 9.15 Å². The Hall–Kier alpha value is -1.86. The first-order chi connectivity index (χ1) is 11.2. The van der Waals surface area contributed by atoms with Gasteiger partial charge in [-0.1, -0.05) is 0 Å². The Morgan fingerprint density at radius 1 is 1.30 bits per heavy atom. The van der Waals surface area contributed by atoms with Crippen LogP contribution in [-0.2, 0) is 4.74 Å². The molecule has 2 aromatic rings. The predicted octanol–water partition coefficient (Wildman–Crippen LogP) is 2.82. The van der Waals surface area contributed by atoms with Crippen molar-refractivity contribution >= 4 is 23.1 Å². The number of furan rings is 1. The molecule has 1 spiro atoms. The number of thiazole rings is 1. The molecule has 0 aromatic carbocycles. The molecule has 2 aromatic heterocycles. The molecule has 7 heteroatoms. The molecule has 4 fully saturated rings. The fourth-order valence-electron chi connectivity index (χ4n) is 4.13. The Kier molecular flexibility index (Phi) is 2.84. The van der Waals surface area contributed by atoms with Gasteiger partial charge in [0, 0.05) is 30.1 Å². The van der Waals surface area contributed by atoms with Crippen molar-refractivity contribution in [2.24, 2.45) is 5.92 Å². The number of piperidine rings is 3. The molecule has 0 N–H and O–H groups in total. The molecule has 1 amide bonds. The highest BCUT2D eigenvalue weighted by molar-refractivity contribution is 7.13. The number of rotatable bonds is 2. The zero-order valence-corrected chi connectivity index (χ0v) is 13.4. The molecule has 1 atom stereocenters. The normalized spacial score (nSPS) is 32.7. The fourth-order valence-corrected chi connectivity index (χ4v) is 4.73. The molecule has 4 aliphatic heterocycles. The van der Waals surface area contributed by atoms with Crippen LogP contribution in [0.25, 0.3) is 10.8 Å². The number of hydrogen-bond donors (Lipinski definition) is 0. The average molecular weight is 331 g/mol. The smallest absolute Gasteiger partial charge is 0.415 e. The third-order valence-electron chi connectivity index (χ3n) is 5.30. The molecular weight excluding hydrogens is 314 g/mol. The molecule has 0 aliphatic carbocycles. The number of hydrogen-bond acceptors (Lipinski definition) is 6. The number of fused-ring (bicyclic) bond motifs is 2. The van der Waals surface area contributed by atoms with E-state index < -0.39 is 0 Å². The van der Waals surface area contributed by atoms with E-state index in [0.29, 0.717) is 18.2 Å². The summed E-state index contributed by atoms with van der Waals surface area (Å²) in [4.78, 5) is 20.8. The molecule has 6 heterocycles. The van der Waals surface area contributed by atoms with Crippen molar-refractivity contribution in [1.29, 1.82) is 0 Å². The summed E-state index contributed by atoms with van der Waals surface area (Å²) < 4.78 is 11.5. The highest BCUT2D eigenvalue weighted by atomic mass is 32.1. The number of carbonyl (C=O) groups is 1. The first kappa shape index (κ1) is 13.6. The maximum absolute atomic E-state index is 12.5. The Labute approximate surface area is 137 Å². The number of ether oxygens (including phenoxy) is 1. The van der Waals surface area contributed by atoms with Crippen molar-refractivity contribution in [3.8, 4) is 10.8 Å². The lowest BCUT2D eigenvalue weighted by atomic mass is 9.75. The van der Waals surface area contributed by atoms with Crippen molar-refractivity contribution in [2.75, 3.05) is 31.1 Å². The van der Waals surface area contributed by atoms with Crippen LogP contribution in [0, 0.1) is 5.92 Å². The largest absolute Gasteiger partial charge is 0.460 e. The van der Waals surface area contributed by atoms with Crippen LogP contribution in [0.5, 0.6) is 0 Å². The lowest BCUT2D eigenvalue weighted by Gasteiger charge is -2.49. The third kappa shape index (κ3) is 2.03. The van der Waals surface area contributed by atoms with Gasteiger partial charge in [-0.3, -0.25) is 9.80 Å². The van der Waals surface area contributed by atoms with Gasteiger partial charge in [-0.2, -0.15) is 0 Å². The van der Waals surface area contributed by atoms with Crippen LogP contribution in [0.15, 0.2) is 28.3 Å². The molecule has 2 bridgehead atoms. The lowest BCUT2D eigenvalue weighted by Crippen LogP contribution is -2.61. The Bertz CT molecular complexity index is 736. The van der Waals surface area contributed by atoms with Gasteiger partial charge in [0.05, 0.1) is 12.2 Å². The van der Waals surface area contributed by atoms with Gasteiger partial charge in [0.1, 0.15) is 11.9 Å². The van der Waals surface area contributed by atoms with Crippen LogP contribution in [-0.4, -0.2) is 47.8 Å². The first-order valence-corrected chi connectivity index (χ1v) is 8.83. The number of carbonyl (C=O) groups excluding carboxylic acids is 1. The molecule has 4 saturated heterocycles. The summed E-state index contributed by atoms with van der Waals surface area (Å²) in [5.74, 6) is 1.17. The molecule has 6 nitrogen and oxygen atoms in total. The van der Waals surface area contributed by atoms with Gasteiger partial charge in [0.15, 0.2) is 10.8 Å². The number of aromatic nitrogens is 1. The predicted molar refractivity (Wildman–Crippen MR) is 85.5 cm³/mol. The average Bonchev–Trinajstić information content (AvgIpc) is 3.28. The van der Waals surface area contributed by atoms with Crippen molar-refractivity contribution in [1.82, 2.24) is 9.88 Å². The molecule has 23 heavy (non-hydrogen) atoms. The maximum Gasteiger partial charge on any atom is 0.415 e. The standard InChI is InChI=1S/C16H17N3O3S/c20-15-19(12-7-13(21-8-12)14-17-3-6-23-14)10-16(22-15)9-18-4-1-11(16)2-5-18/h3,6-8,11H,1-2,4-5,9-10H2/t16-/m0/s1. The molecule has 4 aliphatic rings. The summed E-state index contributed by atoms with van der Waals surface area (Å²) in [6.07, 6.45) is 5.35. The lowest BCUT2D eigenvalue weighted by molar-refractivity contribution is -0.0881. The van der Waals surface area contributed by atoms with E-state index >= 15 is 0 Å². The SMILES string of the molecule is O=C1O[C@@]2(CN3CCC2CC3)CN1c1coc(-c2nccs2)c1. The summed E-state index contributed by atoms with van der Waals surface area (Å²) in [6, 6.07) is 1.88. The molecule has 0 radical (unpaired) electrons. The Morgan fingerprint density at radius 3 is 2.87 bits per heavy atom. The second kappa shape index (κ2) is 4.82. The van der Waals surface area contributed by atoms with Crippen LogP contribution < -0.4 is 4.90 Å². The minimum atomic E-state index is -0.341. The summed E-state index contributed by atoms with van der Waals surface area (Å²) in [5.41, 5.74) is 0.417. The highest BCUT2D eigenvalue weighted by Gasteiger charge is 2.55. The van der Waals surface area contributed by atoms with Gasteiger partial charge in [-0.05, 0) is 25.9 Å². The van der Waals surface area contributed by atoms with Gasteiger partial charge >= 0.3 is 6.09 Å².